The first-order valence-corrected chi connectivity index (χ1v) is 15.4. The Kier molecular flexibility index (Phi) is 12.3. The van der Waals surface area contributed by atoms with Crippen LogP contribution < -0.4 is 12.4 Å². The molecule has 200 valence electrons. The van der Waals surface area contributed by atoms with Crippen molar-refractivity contribution in [3.63, 3.8) is 0 Å². The molecule has 0 N–H and O–H groups in total. The molecule has 0 fully saturated rings. The van der Waals surface area contributed by atoms with Gasteiger partial charge in [-0.05, 0) is 114 Å². The first kappa shape index (κ1) is 34.8. The van der Waals surface area contributed by atoms with E-state index in [1.54, 1.807) is 0 Å². The van der Waals surface area contributed by atoms with E-state index < -0.39 is 0 Å². The van der Waals surface area contributed by atoms with Gasteiger partial charge < -0.3 is 18.8 Å². The van der Waals surface area contributed by atoms with Gasteiger partial charge in [-0.2, -0.15) is 13.8 Å². The van der Waals surface area contributed by atoms with E-state index >= 15 is 0 Å². The van der Waals surface area contributed by atoms with Crippen molar-refractivity contribution in [1.29, 1.82) is 0 Å². The Bertz CT molecular complexity index is 1370. The molecule has 0 nitrogen and oxygen atoms in total. The number of halogens is 4. The number of fused-ring (bicyclic) bond motifs is 6. The number of hydrogen-bond donors (Lipinski definition) is 0. The SMILES string of the molecule is CC1(C)c2ccccc2-c2cc(Br)c(I)cc21.C[CH-]C.Cc1cc2c(cc1Br)-c1ccccc1C2(C)C.[Cl-].[Mg+2]. The molecule has 0 spiro atoms. The van der Waals surface area contributed by atoms with Crippen molar-refractivity contribution in [2.75, 3.05) is 0 Å². The molecule has 0 saturated heterocycles. The Balaban J connectivity index is 0.000000238. The molecular weight excluding hydrogens is 755 g/mol. The van der Waals surface area contributed by atoms with Crippen molar-refractivity contribution in [2.45, 2.75) is 59.3 Å². The van der Waals surface area contributed by atoms with Crippen LogP contribution >= 0.6 is 54.5 Å². The minimum atomic E-state index is 0. The predicted molar refractivity (Wildman–Crippen MR) is 182 cm³/mol. The smallest absolute Gasteiger partial charge is 1.00 e. The average Bonchev–Trinajstić information content (AvgIpc) is 3.21. The molecule has 0 aromatic heterocycles. The second kappa shape index (κ2) is 13.7. The summed E-state index contributed by atoms with van der Waals surface area (Å²) >= 11 is 9.66. The maximum absolute atomic E-state index is 3.64. The van der Waals surface area contributed by atoms with Crippen LogP contribution in [0.1, 0.15) is 69.4 Å². The van der Waals surface area contributed by atoms with E-state index in [1.807, 2.05) is 20.3 Å². The molecule has 0 atom stereocenters. The molecule has 39 heavy (non-hydrogen) atoms. The van der Waals surface area contributed by atoms with E-state index in [4.69, 9.17) is 0 Å². The van der Waals surface area contributed by atoms with Crippen LogP contribution in [0.5, 0.6) is 0 Å². The third-order valence-corrected chi connectivity index (χ3v) is 10.6. The summed E-state index contributed by atoms with van der Waals surface area (Å²) in [5.41, 5.74) is 12.8. The quantitative estimate of drug-likeness (QED) is 0.0957. The first-order chi connectivity index (χ1) is 17.4. The molecule has 4 aromatic carbocycles. The topological polar surface area (TPSA) is 0 Å². The van der Waals surface area contributed by atoms with Crippen LogP contribution in [0.15, 0.2) is 81.7 Å². The van der Waals surface area contributed by atoms with E-state index in [2.05, 4.69) is 162 Å². The van der Waals surface area contributed by atoms with Gasteiger partial charge in [0.05, 0.1) is 0 Å². The monoisotopic (exact) mass is 786 g/mol. The number of hydrogen-bond acceptors (Lipinski definition) is 0. The molecule has 0 bridgehead atoms. The summed E-state index contributed by atoms with van der Waals surface area (Å²) in [5.74, 6) is 0. The zero-order chi connectivity index (χ0) is 27.1. The fraction of sp³-hybridized carbons (Fsp3) is 0.265. The molecular formula is C34H34Br2ClIMg. The van der Waals surface area contributed by atoms with E-state index in [1.165, 1.54) is 62.6 Å². The van der Waals surface area contributed by atoms with Crippen LogP contribution in [0, 0.1) is 16.9 Å². The van der Waals surface area contributed by atoms with Gasteiger partial charge in [0.2, 0.25) is 0 Å². The Hall–Kier alpha value is -0.374. The van der Waals surface area contributed by atoms with Crippen molar-refractivity contribution >= 4 is 77.5 Å². The molecule has 0 heterocycles. The van der Waals surface area contributed by atoms with E-state index in [0.717, 1.165) is 0 Å². The number of aryl methyl sites for hydroxylation is 1. The molecule has 0 radical (unpaired) electrons. The molecule has 0 unspecified atom stereocenters. The largest absolute Gasteiger partial charge is 2.00 e. The second-order valence-corrected chi connectivity index (χ2v) is 13.7. The Morgan fingerprint density at radius 3 is 1.46 bits per heavy atom. The summed E-state index contributed by atoms with van der Waals surface area (Å²) in [6, 6.07) is 26.6. The van der Waals surface area contributed by atoms with Crippen LogP contribution in [0.25, 0.3) is 22.3 Å². The van der Waals surface area contributed by atoms with Crippen LogP contribution in [-0.2, 0) is 10.8 Å². The normalized spacial score (nSPS) is 14.0. The predicted octanol–water partition coefficient (Wildman–Crippen LogP) is 8.28. The third-order valence-electron chi connectivity index (χ3n) is 7.49. The molecule has 2 aliphatic carbocycles. The van der Waals surface area contributed by atoms with Crippen LogP contribution in [0.3, 0.4) is 0 Å². The Labute approximate surface area is 288 Å². The summed E-state index contributed by atoms with van der Waals surface area (Å²) in [6.07, 6.45) is 2.00. The van der Waals surface area contributed by atoms with E-state index in [-0.39, 0.29) is 46.3 Å². The van der Waals surface area contributed by atoms with Crippen molar-refractivity contribution in [2.24, 2.45) is 0 Å². The maximum atomic E-state index is 3.64. The summed E-state index contributed by atoms with van der Waals surface area (Å²) in [7, 11) is 0. The van der Waals surface area contributed by atoms with Gasteiger partial charge in [0, 0.05) is 23.3 Å². The first-order valence-electron chi connectivity index (χ1n) is 12.7. The van der Waals surface area contributed by atoms with Gasteiger partial charge in [-0.3, -0.25) is 0 Å². The summed E-state index contributed by atoms with van der Waals surface area (Å²) in [6.45, 7) is 15.4. The standard InChI is InChI=1S/C16H15Br.C15H12BrI.C3H7.ClH.Mg/c1-10-8-14-12(9-15(10)17)11-6-4-5-7-13(11)16(14,2)3;1-15(2)11-6-4-3-5-9(11)10-7-13(16)14(17)8-12(10)15;1-3-2;;/h4-9H,1-3H3;3-8H,1-2H3;3H,1-2H3;1H;/q;;-1;;+2/p-1. The van der Waals surface area contributed by atoms with Gasteiger partial charge in [-0.1, -0.05) is 98.2 Å². The Morgan fingerprint density at radius 2 is 1.00 bits per heavy atom. The molecule has 0 saturated carbocycles. The van der Waals surface area contributed by atoms with Crippen molar-refractivity contribution < 1.29 is 12.4 Å². The minimum absolute atomic E-state index is 0. The van der Waals surface area contributed by atoms with Crippen molar-refractivity contribution in [1.82, 2.24) is 0 Å². The summed E-state index contributed by atoms with van der Waals surface area (Å²) in [4.78, 5) is 0. The van der Waals surface area contributed by atoms with E-state index in [9.17, 15) is 0 Å². The molecule has 0 aliphatic heterocycles. The molecule has 4 aromatic rings. The number of benzene rings is 4. The maximum Gasteiger partial charge on any atom is 2.00 e. The van der Waals surface area contributed by atoms with Gasteiger partial charge in [0.1, 0.15) is 0 Å². The molecule has 2 aliphatic rings. The fourth-order valence-electron chi connectivity index (χ4n) is 5.52. The van der Waals surface area contributed by atoms with Gasteiger partial charge in [-0.15, -0.1) is 0 Å². The van der Waals surface area contributed by atoms with Gasteiger partial charge >= 0.3 is 23.1 Å². The summed E-state index contributed by atoms with van der Waals surface area (Å²) in [5, 5.41) is 0. The van der Waals surface area contributed by atoms with Crippen LogP contribution in [0.4, 0.5) is 0 Å². The molecule has 5 heteroatoms. The van der Waals surface area contributed by atoms with Gasteiger partial charge in [0.25, 0.3) is 0 Å². The zero-order valence-corrected chi connectivity index (χ0v) is 31.2. The van der Waals surface area contributed by atoms with Gasteiger partial charge in [0.15, 0.2) is 0 Å². The summed E-state index contributed by atoms with van der Waals surface area (Å²) < 4.78 is 3.66. The molecule has 6 rings (SSSR count). The Morgan fingerprint density at radius 1 is 0.615 bits per heavy atom. The fourth-order valence-corrected chi connectivity index (χ4v) is 6.68. The van der Waals surface area contributed by atoms with Crippen molar-refractivity contribution in [3.05, 3.63) is 120 Å². The number of rotatable bonds is 0. The van der Waals surface area contributed by atoms with Crippen LogP contribution in [-0.4, -0.2) is 23.1 Å². The molecule has 0 amide bonds. The zero-order valence-electron chi connectivity index (χ0n) is 23.7. The van der Waals surface area contributed by atoms with E-state index in [0.29, 0.717) is 0 Å². The average molecular weight is 789 g/mol. The third kappa shape index (κ3) is 6.51. The van der Waals surface area contributed by atoms with Gasteiger partial charge in [-0.25, -0.2) is 0 Å². The van der Waals surface area contributed by atoms with Crippen LogP contribution in [0.2, 0.25) is 0 Å². The second-order valence-electron chi connectivity index (χ2n) is 10.9. The van der Waals surface area contributed by atoms with Crippen molar-refractivity contribution in [3.8, 4) is 22.3 Å². The minimum Gasteiger partial charge on any atom is -1.00 e.